The second-order valence-electron chi connectivity index (χ2n) is 5.77. The molecule has 1 aliphatic carbocycles. The monoisotopic (exact) mass is 363 g/mol. The molecule has 0 bridgehead atoms. The third kappa shape index (κ3) is 2.48. The highest BCUT2D eigenvalue weighted by molar-refractivity contribution is 6.30. The van der Waals surface area contributed by atoms with E-state index in [0.717, 1.165) is 25.0 Å². The van der Waals surface area contributed by atoms with Gasteiger partial charge in [-0.25, -0.2) is 18.8 Å². The summed E-state index contributed by atoms with van der Waals surface area (Å²) in [6.45, 7) is 0. The van der Waals surface area contributed by atoms with Crippen LogP contribution in [0.4, 0.5) is 4.39 Å². The number of rotatable bonds is 1. The Hall–Kier alpha value is -1.98. The molecule has 0 spiro atoms. The van der Waals surface area contributed by atoms with Gasteiger partial charge in [0.1, 0.15) is 16.6 Å². The van der Waals surface area contributed by atoms with Gasteiger partial charge in [0.2, 0.25) is 0 Å². The Morgan fingerprint density at radius 1 is 1.08 bits per heavy atom. The maximum absolute atomic E-state index is 14.4. The second-order valence-corrected chi connectivity index (χ2v) is 6.59. The van der Waals surface area contributed by atoms with Gasteiger partial charge in [-0.2, -0.15) is 0 Å². The van der Waals surface area contributed by atoms with E-state index in [-0.39, 0.29) is 27.1 Å². The molecule has 122 valence electrons. The average Bonchev–Trinajstić information content (AvgIpc) is 2.54. The Labute approximate surface area is 146 Å². The van der Waals surface area contributed by atoms with Gasteiger partial charge in [0.15, 0.2) is 5.82 Å². The smallest absolute Gasteiger partial charge is 0.263 e. The van der Waals surface area contributed by atoms with E-state index >= 15 is 0 Å². The number of hydrogen-bond donors (Lipinski definition) is 0. The number of aromatic nitrogens is 3. The second kappa shape index (κ2) is 5.83. The summed E-state index contributed by atoms with van der Waals surface area (Å²) in [6, 6.07) is 5.74. The molecule has 0 aliphatic heterocycles. The van der Waals surface area contributed by atoms with E-state index in [9.17, 15) is 9.18 Å². The van der Waals surface area contributed by atoms with Crippen molar-refractivity contribution in [2.24, 2.45) is 0 Å². The lowest BCUT2D eigenvalue weighted by molar-refractivity contribution is 0.628. The first-order valence-electron chi connectivity index (χ1n) is 7.61. The Kier molecular flexibility index (Phi) is 3.77. The molecule has 4 rings (SSSR count). The maximum atomic E-state index is 14.4. The van der Waals surface area contributed by atoms with Crippen LogP contribution < -0.4 is 5.56 Å². The van der Waals surface area contributed by atoms with Crippen LogP contribution in [-0.4, -0.2) is 14.4 Å². The van der Waals surface area contributed by atoms with Gasteiger partial charge in [-0.3, -0.25) is 4.79 Å². The highest BCUT2D eigenvalue weighted by Gasteiger charge is 2.20. The van der Waals surface area contributed by atoms with Crippen molar-refractivity contribution >= 4 is 28.8 Å². The molecule has 0 atom stereocenters. The zero-order valence-electron chi connectivity index (χ0n) is 12.5. The molecule has 0 radical (unpaired) electrons. The van der Waals surface area contributed by atoms with E-state index in [4.69, 9.17) is 23.2 Å². The summed E-state index contributed by atoms with van der Waals surface area (Å²) in [5, 5.41) is 0.424. The van der Waals surface area contributed by atoms with Crippen molar-refractivity contribution < 1.29 is 4.39 Å². The van der Waals surface area contributed by atoms with Crippen molar-refractivity contribution in [1.82, 2.24) is 14.4 Å². The number of nitrogens with zero attached hydrogens (tertiary/aromatic N) is 3. The first kappa shape index (κ1) is 15.5. The van der Waals surface area contributed by atoms with Gasteiger partial charge in [0, 0.05) is 16.7 Å². The van der Waals surface area contributed by atoms with Crippen LogP contribution in [0.2, 0.25) is 10.2 Å². The molecule has 4 nitrogen and oxygen atoms in total. The lowest BCUT2D eigenvalue weighted by Gasteiger charge is -2.17. The Morgan fingerprint density at radius 3 is 2.67 bits per heavy atom. The zero-order chi connectivity index (χ0) is 16.8. The number of hydrogen-bond acceptors (Lipinski definition) is 3. The summed E-state index contributed by atoms with van der Waals surface area (Å²) in [4.78, 5) is 21.7. The Morgan fingerprint density at radius 2 is 1.88 bits per heavy atom. The van der Waals surface area contributed by atoms with Gasteiger partial charge >= 0.3 is 0 Å². The van der Waals surface area contributed by atoms with E-state index in [1.807, 2.05) is 0 Å². The Balaban J connectivity index is 2.10. The quantitative estimate of drug-likeness (QED) is 0.612. The van der Waals surface area contributed by atoms with Crippen LogP contribution in [0.5, 0.6) is 0 Å². The van der Waals surface area contributed by atoms with Crippen LogP contribution in [0.15, 0.2) is 29.1 Å². The number of halogens is 3. The van der Waals surface area contributed by atoms with Crippen molar-refractivity contribution in [1.29, 1.82) is 0 Å². The lowest BCUT2D eigenvalue weighted by Crippen LogP contribution is -2.26. The largest absolute Gasteiger partial charge is 0.268 e. The van der Waals surface area contributed by atoms with Crippen LogP contribution in [0.3, 0.4) is 0 Å². The summed E-state index contributed by atoms with van der Waals surface area (Å²) in [6.07, 6.45) is 3.40. The molecule has 24 heavy (non-hydrogen) atoms. The summed E-state index contributed by atoms with van der Waals surface area (Å²) >= 11 is 11.9. The van der Waals surface area contributed by atoms with E-state index in [1.165, 1.54) is 22.6 Å². The predicted octanol–water partition coefficient (Wildman–Crippen LogP) is 4.08. The number of benzene rings is 1. The van der Waals surface area contributed by atoms with Crippen LogP contribution in [-0.2, 0) is 12.8 Å². The fourth-order valence-corrected chi connectivity index (χ4v) is 3.45. The molecule has 0 fully saturated rings. The molecule has 0 amide bonds. The third-order valence-corrected chi connectivity index (χ3v) is 4.65. The predicted molar refractivity (Wildman–Crippen MR) is 91.3 cm³/mol. The minimum Gasteiger partial charge on any atom is -0.268 e. The van der Waals surface area contributed by atoms with Crippen LogP contribution >= 0.6 is 23.2 Å². The normalized spacial score (nSPS) is 14.0. The molecule has 0 saturated carbocycles. The summed E-state index contributed by atoms with van der Waals surface area (Å²) in [5.74, 6) is -0.430. The fourth-order valence-electron chi connectivity index (χ4n) is 3.11. The van der Waals surface area contributed by atoms with Gasteiger partial charge in [-0.15, -0.1) is 0 Å². The number of fused-ring (bicyclic) bond motifs is 2. The molecule has 0 unspecified atom stereocenters. The molecule has 1 aromatic carbocycles. The van der Waals surface area contributed by atoms with Crippen LogP contribution in [0.25, 0.3) is 17.0 Å². The minimum atomic E-state index is -0.566. The van der Waals surface area contributed by atoms with Crippen molar-refractivity contribution in [3.63, 3.8) is 0 Å². The van der Waals surface area contributed by atoms with Gasteiger partial charge in [0.05, 0.1) is 11.3 Å². The Bertz CT molecular complexity index is 1030. The summed E-state index contributed by atoms with van der Waals surface area (Å²) in [5.41, 5.74) is 1.81. The molecule has 0 saturated heterocycles. The average molecular weight is 364 g/mol. The third-order valence-electron chi connectivity index (χ3n) is 4.22. The minimum absolute atomic E-state index is 0.137. The highest BCUT2D eigenvalue weighted by Crippen LogP contribution is 2.26. The van der Waals surface area contributed by atoms with E-state index in [0.29, 0.717) is 17.6 Å². The highest BCUT2D eigenvalue weighted by atomic mass is 35.5. The molecule has 0 N–H and O–H groups in total. The molecular weight excluding hydrogens is 352 g/mol. The molecule has 7 heteroatoms. The fraction of sp³-hybridized carbons (Fsp3) is 0.235. The van der Waals surface area contributed by atoms with Gasteiger partial charge < -0.3 is 0 Å². The van der Waals surface area contributed by atoms with E-state index in [1.54, 1.807) is 6.07 Å². The molecule has 2 heterocycles. The summed E-state index contributed by atoms with van der Waals surface area (Å²) in [7, 11) is 0. The lowest BCUT2D eigenvalue weighted by atomic mass is 9.97. The molecular formula is C17H12Cl2FN3O. The zero-order valence-corrected chi connectivity index (χ0v) is 14.0. The van der Waals surface area contributed by atoms with E-state index in [2.05, 4.69) is 9.97 Å². The van der Waals surface area contributed by atoms with Gasteiger partial charge in [-0.05, 0) is 43.9 Å². The summed E-state index contributed by atoms with van der Waals surface area (Å²) < 4.78 is 15.7. The van der Waals surface area contributed by atoms with Gasteiger partial charge in [-0.1, -0.05) is 23.2 Å². The maximum Gasteiger partial charge on any atom is 0.263 e. The number of aryl methyl sites for hydroxylation is 1. The SMILES string of the molecule is O=c1c2c(nc3cc(Cl)nc(-c4ccc(Cl)cc4F)n13)CCCC2. The van der Waals surface area contributed by atoms with Crippen molar-refractivity contribution in [2.45, 2.75) is 25.7 Å². The first-order valence-corrected chi connectivity index (χ1v) is 8.36. The topological polar surface area (TPSA) is 47.3 Å². The molecule has 2 aromatic heterocycles. The molecule has 1 aliphatic rings. The van der Waals surface area contributed by atoms with Crippen molar-refractivity contribution in [3.8, 4) is 11.4 Å². The van der Waals surface area contributed by atoms with Crippen LogP contribution in [0, 0.1) is 5.82 Å². The molecule has 3 aromatic rings. The van der Waals surface area contributed by atoms with E-state index < -0.39 is 5.82 Å². The van der Waals surface area contributed by atoms with Crippen LogP contribution in [0.1, 0.15) is 24.1 Å². The first-order chi connectivity index (χ1) is 11.5. The van der Waals surface area contributed by atoms with Crippen molar-refractivity contribution in [3.05, 3.63) is 61.9 Å². The standard InChI is InChI=1S/C17H12Cl2FN3O/c18-9-5-6-10(12(20)7-9)16-22-14(19)8-15-21-13-4-2-1-3-11(13)17(24)23(15)16/h5-8H,1-4H2. The van der Waals surface area contributed by atoms with Crippen molar-refractivity contribution in [2.75, 3.05) is 0 Å². The van der Waals surface area contributed by atoms with Gasteiger partial charge in [0.25, 0.3) is 5.56 Å².